The third kappa shape index (κ3) is 1.89. The monoisotopic (exact) mass is 259 g/mol. The van der Waals surface area contributed by atoms with Crippen molar-refractivity contribution in [3.63, 3.8) is 0 Å². The molecule has 1 aromatic rings. The fourth-order valence-corrected chi connectivity index (χ4v) is 3.71. The number of hydrogen-bond donors (Lipinski definition) is 1. The molecule has 2 unspecified atom stereocenters. The lowest BCUT2D eigenvalue weighted by molar-refractivity contribution is 0.0563. The summed E-state index contributed by atoms with van der Waals surface area (Å²) in [6, 6.07) is 5.01. The molecule has 102 valence electrons. The van der Waals surface area contributed by atoms with Crippen LogP contribution in [-0.2, 0) is 0 Å². The second-order valence-corrected chi connectivity index (χ2v) is 6.16. The zero-order valence-corrected chi connectivity index (χ0v) is 11.2. The molecule has 3 fully saturated rings. The van der Waals surface area contributed by atoms with Crippen molar-refractivity contribution in [2.75, 3.05) is 19.6 Å². The molecular weight excluding hydrogens is 238 g/mol. The topological polar surface area (TPSA) is 37.3 Å². The summed E-state index contributed by atoms with van der Waals surface area (Å²) in [5.74, 6) is 0.914. The Hall–Kier alpha value is -1.29. The number of nitrogens with zero attached hydrogens (tertiary/aromatic N) is 2. The van der Waals surface area contributed by atoms with Crippen LogP contribution in [0.1, 0.15) is 42.2 Å². The van der Waals surface area contributed by atoms with Gasteiger partial charge in [0, 0.05) is 37.9 Å². The fraction of sp³-hybridized carbons (Fsp3) is 0.667. The fourth-order valence-electron chi connectivity index (χ4n) is 3.71. The normalized spacial score (nSPS) is 30.4. The molecule has 1 aromatic heterocycles. The van der Waals surface area contributed by atoms with Crippen molar-refractivity contribution in [1.29, 1.82) is 0 Å². The number of amides is 1. The summed E-state index contributed by atoms with van der Waals surface area (Å²) in [7, 11) is 0. The molecule has 1 N–H and O–H groups in total. The van der Waals surface area contributed by atoms with Crippen molar-refractivity contribution >= 4 is 5.91 Å². The van der Waals surface area contributed by atoms with Crippen LogP contribution in [-0.4, -0.2) is 41.1 Å². The van der Waals surface area contributed by atoms with E-state index in [1.165, 1.54) is 19.3 Å². The summed E-state index contributed by atoms with van der Waals surface area (Å²) < 4.78 is 2.19. The molecule has 4 rings (SSSR count). The maximum absolute atomic E-state index is 12.8. The highest BCUT2D eigenvalue weighted by Crippen LogP contribution is 2.37. The molecule has 0 radical (unpaired) electrons. The third-order valence-electron chi connectivity index (χ3n) is 4.88. The SMILES string of the molecule is O=C(c1cccn1C1CC1)N1CCCC2CNCC21. The first kappa shape index (κ1) is 11.5. The smallest absolute Gasteiger partial charge is 0.270 e. The number of fused-ring (bicyclic) bond motifs is 1. The maximum atomic E-state index is 12.8. The standard InChI is InChI=1S/C15H21N3O/c19-15(13-4-2-7-17(13)12-5-6-12)18-8-1-3-11-9-16-10-14(11)18/h2,4,7,11-12,14,16H,1,3,5-6,8-10H2. The summed E-state index contributed by atoms with van der Waals surface area (Å²) in [5, 5.41) is 3.44. The Morgan fingerprint density at radius 2 is 2.16 bits per heavy atom. The van der Waals surface area contributed by atoms with E-state index in [1.807, 2.05) is 12.1 Å². The molecule has 3 aliphatic rings. The average Bonchev–Trinajstić information content (AvgIpc) is 2.98. The lowest BCUT2D eigenvalue weighted by atomic mass is 9.92. The second kappa shape index (κ2) is 4.37. The highest BCUT2D eigenvalue weighted by atomic mass is 16.2. The minimum Gasteiger partial charge on any atom is -0.340 e. The molecule has 19 heavy (non-hydrogen) atoms. The summed E-state index contributed by atoms with van der Waals surface area (Å²) in [4.78, 5) is 15.0. The number of piperidine rings is 1. The summed E-state index contributed by atoms with van der Waals surface area (Å²) >= 11 is 0. The van der Waals surface area contributed by atoms with Crippen LogP contribution in [0.3, 0.4) is 0 Å². The van der Waals surface area contributed by atoms with Gasteiger partial charge in [0.25, 0.3) is 5.91 Å². The number of rotatable bonds is 2. The van der Waals surface area contributed by atoms with Crippen LogP contribution in [0, 0.1) is 5.92 Å². The Morgan fingerprint density at radius 3 is 3.00 bits per heavy atom. The van der Waals surface area contributed by atoms with Gasteiger partial charge in [0.05, 0.1) is 0 Å². The first-order valence-corrected chi connectivity index (χ1v) is 7.53. The Balaban J connectivity index is 1.60. The number of hydrogen-bond acceptors (Lipinski definition) is 2. The van der Waals surface area contributed by atoms with Crippen molar-refractivity contribution in [1.82, 2.24) is 14.8 Å². The van der Waals surface area contributed by atoms with Gasteiger partial charge in [-0.1, -0.05) is 0 Å². The van der Waals surface area contributed by atoms with Crippen LogP contribution in [0.25, 0.3) is 0 Å². The van der Waals surface area contributed by atoms with Gasteiger partial charge in [0.1, 0.15) is 5.69 Å². The maximum Gasteiger partial charge on any atom is 0.270 e. The van der Waals surface area contributed by atoms with Gasteiger partial charge >= 0.3 is 0 Å². The van der Waals surface area contributed by atoms with Gasteiger partial charge in [-0.05, 0) is 43.7 Å². The number of aromatic nitrogens is 1. The van der Waals surface area contributed by atoms with Gasteiger partial charge in [-0.15, -0.1) is 0 Å². The van der Waals surface area contributed by atoms with Gasteiger partial charge in [0.15, 0.2) is 0 Å². The van der Waals surface area contributed by atoms with Crippen molar-refractivity contribution in [2.24, 2.45) is 5.92 Å². The average molecular weight is 259 g/mol. The van der Waals surface area contributed by atoms with Gasteiger partial charge in [0.2, 0.25) is 0 Å². The van der Waals surface area contributed by atoms with Gasteiger partial charge < -0.3 is 14.8 Å². The molecule has 4 heteroatoms. The van der Waals surface area contributed by atoms with E-state index in [9.17, 15) is 4.79 Å². The van der Waals surface area contributed by atoms with E-state index in [-0.39, 0.29) is 5.91 Å². The Bertz CT molecular complexity index is 491. The quantitative estimate of drug-likeness (QED) is 0.877. The van der Waals surface area contributed by atoms with E-state index in [1.54, 1.807) is 0 Å². The molecule has 1 aliphatic carbocycles. The first-order valence-electron chi connectivity index (χ1n) is 7.53. The Labute approximate surface area is 113 Å². The predicted molar refractivity (Wildman–Crippen MR) is 73.1 cm³/mol. The molecule has 0 spiro atoms. The molecule has 1 amide bonds. The molecule has 0 aromatic carbocycles. The van der Waals surface area contributed by atoms with E-state index in [0.717, 1.165) is 31.7 Å². The van der Waals surface area contributed by atoms with E-state index in [2.05, 4.69) is 21.0 Å². The highest BCUT2D eigenvalue weighted by Gasteiger charge is 2.39. The third-order valence-corrected chi connectivity index (χ3v) is 4.88. The number of nitrogens with one attached hydrogen (secondary N) is 1. The Morgan fingerprint density at radius 1 is 1.26 bits per heavy atom. The minimum atomic E-state index is 0.246. The number of carbonyl (C=O) groups is 1. The van der Waals surface area contributed by atoms with E-state index < -0.39 is 0 Å². The highest BCUT2D eigenvalue weighted by molar-refractivity contribution is 5.93. The molecule has 3 heterocycles. The van der Waals surface area contributed by atoms with Crippen LogP contribution < -0.4 is 5.32 Å². The van der Waals surface area contributed by atoms with Crippen molar-refractivity contribution < 1.29 is 4.79 Å². The van der Waals surface area contributed by atoms with Crippen molar-refractivity contribution in [3.8, 4) is 0 Å². The second-order valence-electron chi connectivity index (χ2n) is 6.16. The summed E-state index contributed by atoms with van der Waals surface area (Å²) in [6.45, 7) is 2.98. The molecule has 0 bridgehead atoms. The lowest BCUT2D eigenvalue weighted by Gasteiger charge is -2.37. The molecule has 4 nitrogen and oxygen atoms in total. The van der Waals surface area contributed by atoms with Crippen molar-refractivity contribution in [2.45, 2.75) is 37.8 Å². The Kier molecular flexibility index (Phi) is 2.65. The van der Waals surface area contributed by atoms with Crippen LogP contribution in [0.4, 0.5) is 0 Å². The number of carbonyl (C=O) groups excluding carboxylic acids is 1. The minimum absolute atomic E-state index is 0.246. The molecule has 1 saturated carbocycles. The van der Waals surface area contributed by atoms with E-state index in [0.29, 0.717) is 18.0 Å². The zero-order valence-electron chi connectivity index (χ0n) is 11.2. The largest absolute Gasteiger partial charge is 0.340 e. The number of likely N-dealkylation sites (tertiary alicyclic amines) is 1. The van der Waals surface area contributed by atoms with Crippen LogP contribution in [0.2, 0.25) is 0 Å². The van der Waals surface area contributed by atoms with Crippen LogP contribution in [0.5, 0.6) is 0 Å². The molecular formula is C15H21N3O. The summed E-state index contributed by atoms with van der Waals surface area (Å²) in [5.41, 5.74) is 0.898. The van der Waals surface area contributed by atoms with Gasteiger partial charge in [-0.25, -0.2) is 0 Å². The molecule has 2 atom stereocenters. The summed E-state index contributed by atoms with van der Waals surface area (Å²) in [6.07, 6.45) is 6.94. The van der Waals surface area contributed by atoms with Gasteiger partial charge in [-0.3, -0.25) is 4.79 Å². The predicted octanol–water partition coefficient (Wildman–Crippen LogP) is 1.65. The zero-order chi connectivity index (χ0) is 12.8. The molecule has 2 aliphatic heterocycles. The van der Waals surface area contributed by atoms with Crippen LogP contribution >= 0.6 is 0 Å². The van der Waals surface area contributed by atoms with Gasteiger partial charge in [-0.2, -0.15) is 0 Å². The first-order chi connectivity index (χ1) is 9.34. The lowest BCUT2D eigenvalue weighted by Crippen LogP contribution is -2.48. The van der Waals surface area contributed by atoms with Crippen LogP contribution in [0.15, 0.2) is 18.3 Å². The molecule has 2 saturated heterocycles. The van der Waals surface area contributed by atoms with E-state index >= 15 is 0 Å². The van der Waals surface area contributed by atoms with Crippen molar-refractivity contribution in [3.05, 3.63) is 24.0 Å². The van der Waals surface area contributed by atoms with E-state index in [4.69, 9.17) is 0 Å².